The monoisotopic (exact) mass is 492 g/mol. The van der Waals surface area contributed by atoms with Crippen molar-refractivity contribution in [3.63, 3.8) is 0 Å². The first kappa shape index (κ1) is 21.5. The highest BCUT2D eigenvalue weighted by Gasteiger charge is 2.04. The fraction of sp³-hybridized carbons (Fsp3) is 0.200. The third-order valence-corrected chi connectivity index (χ3v) is 4.29. The van der Waals surface area contributed by atoms with E-state index in [1.54, 1.807) is 10.9 Å². The fourth-order valence-electron chi connectivity index (χ4n) is 2.17. The van der Waals surface area contributed by atoms with Gasteiger partial charge in [-0.25, -0.2) is 0 Å². The maximum Gasteiger partial charge on any atom is 0.173 e. The molecule has 0 atom stereocenters. The van der Waals surface area contributed by atoms with Crippen LogP contribution in [0, 0.1) is 10.5 Å². The number of halogens is 1. The first-order valence-electron chi connectivity index (χ1n) is 8.64. The Morgan fingerprint density at radius 3 is 2.54 bits per heavy atom. The van der Waals surface area contributed by atoms with Crippen molar-refractivity contribution in [3.8, 4) is 0 Å². The summed E-state index contributed by atoms with van der Waals surface area (Å²) in [5.41, 5.74) is 9.52. The summed E-state index contributed by atoms with van der Waals surface area (Å²) >= 11 is 2.17. The molecular formula is C20H25IN6O. The topological polar surface area (TPSA) is 89.5 Å². The second-order valence-electron chi connectivity index (χ2n) is 6.13. The van der Waals surface area contributed by atoms with Crippen molar-refractivity contribution in [2.24, 2.45) is 10.9 Å². The summed E-state index contributed by atoms with van der Waals surface area (Å²) in [7, 11) is 0. The molecule has 0 radical (unpaired) electrons. The summed E-state index contributed by atoms with van der Waals surface area (Å²) in [6.07, 6.45) is 3.59. The molecule has 4 N–H and O–H groups in total. The van der Waals surface area contributed by atoms with Crippen LogP contribution in [0.1, 0.15) is 11.1 Å². The molecule has 0 aliphatic carbocycles. The number of rotatable bonds is 11. The van der Waals surface area contributed by atoms with Gasteiger partial charge in [0.2, 0.25) is 0 Å². The zero-order valence-electron chi connectivity index (χ0n) is 15.9. The number of hydrogen-bond acceptors (Lipinski definition) is 5. The van der Waals surface area contributed by atoms with E-state index in [0.717, 1.165) is 14.8 Å². The molecule has 0 saturated heterocycles. The molecule has 148 valence electrons. The largest absolute Gasteiger partial charge is 0.383 e. The molecule has 0 bridgehead atoms. The highest BCUT2D eigenvalue weighted by molar-refractivity contribution is 14.1. The lowest BCUT2D eigenvalue weighted by molar-refractivity contribution is 0.232. The van der Waals surface area contributed by atoms with E-state index in [1.807, 2.05) is 18.3 Å². The van der Waals surface area contributed by atoms with Crippen LogP contribution < -0.4 is 16.4 Å². The van der Waals surface area contributed by atoms with Gasteiger partial charge >= 0.3 is 0 Å². The smallest absolute Gasteiger partial charge is 0.173 e. The van der Waals surface area contributed by atoms with Crippen LogP contribution >= 0.6 is 22.6 Å². The highest BCUT2D eigenvalue weighted by Crippen LogP contribution is 2.10. The van der Waals surface area contributed by atoms with Crippen molar-refractivity contribution in [1.82, 2.24) is 20.4 Å². The van der Waals surface area contributed by atoms with Gasteiger partial charge in [0, 0.05) is 25.0 Å². The Kier molecular flexibility index (Phi) is 8.12. The molecule has 0 fully saturated rings. The molecule has 2 aromatic rings. The summed E-state index contributed by atoms with van der Waals surface area (Å²) < 4.78 is 2.69. The van der Waals surface area contributed by atoms with E-state index in [0.29, 0.717) is 31.1 Å². The van der Waals surface area contributed by atoms with Gasteiger partial charge in [-0.05, 0) is 35.1 Å². The lowest BCUT2D eigenvalue weighted by atomic mass is 10.1. The maximum atomic E-state index is 5.83. The number of hydrogen-bond donors (Lipinski definition) is 3. The van der Waals surface area contributed by atoms with E-state index in [2.05, 4.69) is 82.3 Å². The number of benzene rings is 1. The van der Waals surface area contributed by atoms with Gasteiger partial charge in [-0.1, -0.05) is 54.7 Å². The van der Waals surface area contributed by atoms with Crippen molar-refractivity contribution in [2.45, 2.75) is 13.5 Å². The van der Waals surface area contributed by atoms with Crippen molar-refractivity contribution in [1.29, 1.82) is 0 Å². The molecule has 0 saturated carbocycles. The summed E-state index contributed by atoms with van der Waals surface area (Å²) in [6.45, 7) is 15.4. The SMILES string of the molecule is C=C(NCCNC(=C)c1ccc(C)cc1)C(=C)O/N=C(\N)Cn1cc(I)cn1. The first-order valence-corrected chi connectivity index (χ1v) is 9.72. The fourth-order valence-corrected chi connectivity index (χ4v) is 2.62. The molecule has 0 amide bonds. The van der Waals surface area contributed by atoms with Gasteiger partial charge in [0.05, 0.1) is 15.5 Å². The molecule has 2 rings (SSSR count). The van der Waals surface area contributed by atoms with Crippen molar-refractivity contribution < 1.29 is 4.84 Å². The van der Waals surface area contributed by atoms with Crippen LogP contribution in [0.2, 0.25) is 0 Å². The third-order valence-electron chi connectivity index (χ3n) is 3.74. The molecule has 28 heavy (non-hydrogen) atoms. The van der Waals surface area contributed by atoms with Gasteiger partial charge in [-0.15, -0.1) is 0 Å². The Balaban J connectivity index is 1.67. The summed E-state index contributed by atoms with van der Waals surface area (Å²) in [5.74, 6) is 0.583. The number of oxime groups is 1. The normalized spacial score (nSPS) is 11.0. The number of nitrogens with one attached hydrogen (secondary N) is 2. The predicted octanol–water partition coefficient (Wildman–Crippen LogP) is 2.96. The Hall–Kier alpha value is -2.75. The standard InChI is InChI=1S/C20H25IN6O/c1-14-5-7-18(8-6-14)16(3)24-10-9-23-15(2)17(4)28-26-20(22)13-27-12-19(21)11-25-27/h5-8,11-12,23-24H,2-4,9-10,13H2,1H3,(H2,22,26). The second kappa shape index (κ2) is 10.5. The molecule has 1 aromatic heterocycles. The van der Waals surface area contributed by atoms with Crippen LogP contribution in [0.4, 0.5) is 0 Å². The van der Waals surface area contributed by atoms with Gasteiger partial charge in [0.25, 0.3) is 0 Å². The minimum atomic E-state index is 0.282. The molecule has 1 heterocycles. The lowest BCUT2D eigenvalue weighted by Crippen LogP contribution is -2.26. The van der Waals surface area contributed by atoms with Crippen LogP contribution in [0.5, 0.6) is 0 Å². The average Bonchev–Trinajstić information content (AvgIpc) is 3.08. The van der Waals surface area contributed by atoms with E-state index in [4.69, 9.17) is 10.6 Å². The van der Waals surface area contributed by atoms with E-state index < -0.39 is 0 Å². The Bertz CT molecular complexity index is 869. The Labute approximate surface area is 179 Å². The van der Waals surface area contributed by atoms with Gasteiger partial charge in [-0.2, -0.15) is 5.10 Å². The van der Waals surface area contributed by atoms with Gasteiger partial charge in [0.1, 0.15) is 6.54 Å². The second-order valence-corrected chi connectivity index (χ2v) is 7.38. The third kappa shape index (κ3) is 7.10. The van der Waals surface area contributed by atoms with E-state index >= 15 is 0 Å². The molecule has 0 unspecified atom stereocenters. The molecule has 8 heteroatoms. The van der Waals surface area contributed by atoms with Crippen molar-refractivity contribution >= 4 is 34.1 Å². The molecule has 7 nitrogen and oxygen atoms in total. The number of aryl methyl sites for hydroxylation is 1. The van der Waals surface area contributed by atoms with E-state index in [1.165, 1.54) is 5.56 Å². The Morgan fingerprint density at radius 1 is 1.21 bits per heavy atom. The highest BCUT2D eigenvalue weighted by atomic mass is 127. The van der Waals surface area contributed by atoms with Crippen LogP contribution in [0.25, 0.3) is 5.70 Å². The Morgan fingerprint density at radius 2 is 1.89 bits per heavy atom. The van der Waals surface area contributed by atoms with Crippen LogP contribution in [-0.2, 0) is 11.4 Å². The molecule has 0 aliphatic rings. The lowest BCUT2D eigenvalue weighted by Gasteiger charge is -2.13. The summed E-state index contributed by atoms with van der Waals surface area (Å²) in [4.78, 5) is 5.23. The number of amidine groups is 1. The molecule has 1 aromatic carbocycles. The minimum absolute atomic E-state index is 0.282. The maximum absolute atomic E-state index is 5.83. The molecule has 0 aliphatic heterocycles. The quantitative estimate of drug-likeness (QED) is 0.0854. The van der Waals surface area contributed by atoms with Crippen molar-refractivity contribution in [2.75, 3.05) is 13.1 Å². The van der Waals surface area contributed by atoms with Crippen LogP contribution in [0.3, 0.4) is 0 Å². The summed E-state index contributed by atoms with van der Waals surface area (Å²) in [5, 5.41) is 14.4. The first-order chi connectivity index (χ1) is 13.3. The zero-order valence-corrected chi connectivity index (χ0v) is 18.1. The van der Waals surface area contributed by atoms with E-state index in [9.17, 15) is 0 Å². The van der Waals surface area contributed by atoms with Crippen LogP contribution in [-0.4, -0.2) is 28.7 Å². The molecular weight excluding hydrogens is 467 g/mol. The zero-order chi connectivity index (χ0) is 20.5. The van der Waals surface area contributed by atoms with Crippen LogP contribution in [0.15, 0.2) is 73.0 Å². The average molecular weight is 492 g/mol. The number of nitrogens with zero attached hydrogens (tertiary/aromatic N) is 3. The predicted molar refractivity (Wildman–Crippen MR) is 122 cm³/mol. The van der Waals surface area contributed by atoms with Gasteiger partial charge in [-0.3, -0.25) is 4.68 Å². The van der Waals surface area contributed by atoms with Crippen molar-refractivity contribution in [3.05, 3.63) is 82.5 Å². The number of aromatic nitrogens is 2. The van der Waals surface area contributed by atoms with Gasteiger partial charge < -0.3 is 21.2 Å². The summed E-state index contributed by atoms with van der Waals surface area (Å²) in [6, 6.07) is 8.20. The number of nitrogens with two attached hydrogens (primary N) is 1. The van der Waals surface area contributed by atoms with E-state index in [-0.39, 0.29) is 5.84 Å². The minimum Gasteiger partial charge on any atom is -0.383 e. The molecule has 0 spiro atoms. The van der Waals surface area contributed by atoms with Gasteiger partial charge in [0.15, 0.2) is 11.6 Å².